The molecule has 1 aromatic carbocycles. The normalized spacial score (nSPS) is 26.4. The topological polar surface area (TPSA) is 49.4 Å². The summed E-state index contributed by atoms with van der Waals surface area (Å²) in [7, 11) is -3.06. The fraction of sp³-hybridized carbons (Fsp3) is 0.600. The smallest absolute Gasteiger partial charge is 0.211 e. The summed E-state index contributed by atoms with van der Waals surface area (Å²) < 4.78 is 24.8. The summed E-state index contributed by atoms with van der Waals surface area (Å²) >= 11 is 0. The van der Waals surface area contributed by atoms with Crippen LogP contribution in [0, 0.1) is 5.92 Å². The van der Waals surface area contributed by atoms with E-state index in [1.54, 1.807) is 4.31 Å². The lowest BCUT2D eigenvalue weighted by molar-refractivity contribution is 0.210. The van der Waals surface area contributed by atoms with Gasteiger partial charge in [-0.15, -0.1) is 0 Å². The van der Waals surface area contributed by atoms with Crippen molar-refractivity contribution in [2.45, 2.75) is 32.4 Å². The van der Waals surface area contributed by atoms with Gasteiger partial charge in [-0.25, -0.2) is 12.7 Å². The van der Waals surface area contributed by atoms with E-state index in [1.165, 1.54) is 11.8 Å². The summed E-state index contributed by atoms with van der Waals surface area (Å²) in [5.74, 6) is 0.324. The second-order valence-corrected chi connectivity index (χ2v) is 7.77. The molecule has 0 spiro atoms. The number of benzene rings is 1. The van der Waals surface area contributed by atoms with Crippen LogP contribution in [0.2, 0.25) is 0 Å². The molecular weight excluding hydrogens is 272 g/mol. The van der Waals surface area contributed by atoms with Crippen LogP contribution in [-0.2, 0) is 10.0 Å². The fourth-order valence-corrected chi connectivity index (χ4v) is 3.76. The first-order valence-corrected chi connectivity index (χ1v) is 8.99. The third kappa shape index (κ3) is 3.81. The van der Waals surface area contributed by atoms with Crippen LogP contribution in [0.4, 0.5) is 0 Å². The summed E-state index contributed by atoms with van der Waals surface area (Å²) in [6, 6.07) is 11.0. The van der Waals surface area contributed by atoms with E-state index in [9.17, 15) is 8.42 Å². The molecule has 0 radical (unpaired) electrons. The first kappa shape index (κ1) is 15.5. The van der Waals surface area contributed by atoms with E-state index in [0.717, 1.165) is 6.42 Å². The molecule has 1 fully saturated rings. The van der Waals surface area contributed by atoms with Gasteiger partial charge in [-0.2, -0.15) is 0 Å². The lowest BCUT2D eigenvalue weighted by Crippen LogP contribution is -2.50. The highest BCUT2D eigenvalue weighted by atomic mass is 32.2. The second-order valence-electron chi connectivity index (χ2n) is 5.79. The van der Waals surface area contributed by atoms with Crippen LogP contribution in [-0.4, -0.2) is 38.1 Å². The SMILES string of the molecule is CC(N[C@H]1CCN(S(C)(=O)=O)C[C@H]1C)c1ccccc1. The average molecular weight is 296 g/mol. The minimum atomic E-state index is -3.06. The zero-order valence-corrected chi connectivity index (χ0v) is 13.2. The molecule has 4 nitrogen and oxygen atoms in total. The Bertz CT molecular complexity index is 530. The highest BCUT2D eigenvalue weighted by molar-refractivity contribution is 7.88. The number of nitrogens with one attached hydrogen (secondary N) is 1. The van der Waals surface area contributed by atoms with Crippen molar-refractivity contribution in [1.82, 2.24) is 9.62 Å². The van der Waals surface area contributed by atoms with Crippen molar-refractivity contribution in [3.8, 4) is 0 Å². The second kappa shape index (κ2) is 6.24. The first-order valence-electron chi connectivity index (χ1n) is 7.14. The van der Waals surface area contributed by atoms with Gasteiger partial charge in [0.05, 0.1) is 6.26 Å². The summed E-state index contributed by atoms with van der Waals surface area (Å²) in [6.45, 7) is 5.50. The number of sulfonamides is 1. The van der Waals surface area contributed by atoms with E-state index in [-0.39, 0.29) is 6.04 Å². The predicted molar refractivity (Wildman–Crippen MR) is 82.0 cm³/mol. The Morgan fingerprint density at radius 1 is 1.30 bits per heavy atom. The Hall–Kier alpha value is -0.910. The Morgan fingerprint density at radius 2 is 1.95 bits per heavy atom. The molecule has 0 bridgehead atoms. The van der Waals surface area contributed by atoms with E-state index < -0.39 is 10.0 Å². The molecule has 0 saturated carbocycles. The predicted octanol–water partition coefficient (Wildman–Crippen LogP) is 2.01. The van der Waals surface area contributed by atoms with Gasteiger partial charge in [-0.05, 0) is 24.8 Å². The Labute approximate surface area is 122 Å². The summed E-state index contributed by atoms with van der Waals surface area (Å²) in [5, 5.41) is 3.64. The van der Waals surface area contributed by atoms with Crippen LogP contribution in [0.15, 0.2) is 30.3 Å². The van der Waals surface area contributed by atoms with Crippen molar-refractivity contribution >= 4 is 10.0 Å². The maximum absolute atomic E-state index is 11.6. The summed E-state index contributed by atoms with van der Waals surface area (Å²) in [5.41, 5.74) is 1.27. The van der Waals surface area contributed by atoms with E-state index in [4.69, 9.17) is 0 Å². The van der Waals surface area contributed by atoms with Crippen molar-refractivity contribution in [2.24, 2.45) is 5.92 Å². The van der Waals surface area contributed by atoms with E-state index in [1.807, 2.05) is 18.2 Å². The average Bonchev–Trinajstić information content (AvgIpc) is 2.41. The molecule has 0 aliphatic carbocycles. The van der Waals surface area contributed by atoms with Gasteiger partial charge in [0.2, 0.25) is 10.0 Å². The van der Waals surface area contributed by atoms with Gasteiger partial charge in [0.15, 0.2) is 0 Å². The molecule has 0 amide bonds. The van der Waals surface area contributed by atoms with Crippen LogP contribution in [0.25, 0.3) is 0 Å². The van der Waals surface area contributed by atoms with Crippen LogP contribution in [0.1, 0.15) is 31.9 Å². The van der Waals surface area contributed by atoms with Crippen molar-refractivity contribution < 1.29 is 8.42 Å². The molecule has 1 aliphatic rings. The van der Waals surface area contributed by atoms with Crippen LogP contribution in [0.5, 0.6) is 0 Å². The molecule has 1 aromatic rings. The van der Waals surface area contributed by atoms with Crippen molar-refractivity contribution in [3.63, 3.8) is 0 Å². The largest absolute Gasteiger partial charge is 0.307 e. The maximum atomic E-state index is 11.6. The lowest BCUT2D eigenvalue weighted by Gasteiger charge is -2.37. The summed E-state index contributed by atoms with van der Waals surface area (Å²) in [6.07, 6.45) is 2.16. The lowest BCUT2D eigenvalue weighted by atomic mass is 9.93. The minimum Gasteiger partial charge on any atom is -0.307 e. The van der Waals surface area contributed by atoms with Crippen molar-refractivity contribution in [3.05, 3.63) is 35.9 Å². The van der Waals surface area contributed by atoms with Crippen molar-refractivity contribution in [1.29, 1.82) is 0 Å². The van der Waals surface area contributed by atoms with E-state index in [0.29, 0.717) is 25.0 Å². The van der Waals surface area contributed by atoms with Gasteiger partial charge in [0, 0.05) is 25.2 Å². The van der Waals surface area contributed by atoms with Crippen LogP contribution >= 0.6 is 0 Å². The number of piperidine rings is 1. The van der Waals surface area contributed by atoms with E-state index >= 15 is 0 Å². The Balaban J connectivity index is 1.95. The molecule has 5 heteroatoms. The zero-order valence-electron chi connectivity index (χ0n) is 12.4. The van der Waals surface area contributed by atoms with E-state index in [2.05, 4.69) is 31.3 Å². The minimum absolute atomic E-state index is 0.286. The van der Waals surface area contributed by atoms with Gasteiger partial charge in [0.1, 0.15) is 0 Å². The van der Waals surface area contributed by atoms with Gasteiger partial charge in [-0.3, -0.25) is 0 Å². The maximum Gasteiger partial charge on any atom is 0.211 e. The van der Waals surface area contributed by atoms with Gasteiger partial charge < -0.3 is 5.32 Å². The van der Waals surface area contributed by atoms with Crippen LogP contribution < -0.4 is 5.32 Å². The molecule has 112 valence electrons. The molecular formula is C15H24N2O2S. The molecule has 0 aromatic heterocycles. The number of rotatable bonds is 4. The number of nitrogens with zero attached hydrogens (tertiary/aromatic N) is 1. The number of hydrogen-bond donors (Lipinski definition) is 1. The molecule has 2 rings (SSSR count). The quantitative estimate of drug-likeness (QED) is 0.924. The Kier molecular flexibility index (Phi) is 4.83. The monoisotopic (exact) mass is 296 g/mol. The van der Waals surface area contributed by atoms with Gasteiger partial charge in [-0.1, -0.05) is 37.3 Å². The first-order chi connectivity index (χ1) is 9.38. The molecule has 1 N–H and O–H groups in total. The highest BCUT2D eigenvalue weighted by Crippen LogP contribution is 2.22. The van der Waals surface area contributed by atoms with Gasteiger partial charge >= 0.3 is 0 Å². The third-order valence-corrected chi connectivity index (χ3v) is 5.37. The molecule has 1 heterocycles. The number of hydrogen-bond acceptors (Lipinski definition) is 3. The van der Waals surface area contributed by atoms with Crippen LogP contribution in [0.3, 0.4) is 0 Å². The Morgan fingerprint density at radius 3 is 2.50 bits per heavy atom. The fourth-order valence-electron chi connectivity index (χ4n) is 2.82. The summed E-state index contributed by atoms with van der Waals surface area (Å²) in [4.78, 5) is 0. The van der Waals surface area contributed by atoms with Gasteiger partial charge in [0.25, 0.3) is 0 Å². The third-order valence-electron chi connectivity index (χ3n) is 4.10. The zero-order chi connectivity index (χ0) is 14.8. The standard InChI is InChI=1S/C15H24N2O2S/c1-12-11-17(20(3,18)19)10-9-15(12)16-13(2)14-7-5-4-6-8-14/h4-8,12-13,15-16H,9-11H2,1-3H3/t12-,13?,15+/m1/s1. The molecule has 1 saturated heterocycles. The molecule has 3 atom stereocenters. The van der Waals surface area contributed by atoms with Crippen molar-refractivity contribution in [2.75, 3.05) is 19.3 Å². The molecule has 20 heavy (non-hydrogen) atoms. The molecule has 1 unspecified atom stereocenters. The molecule has 1 aliphatic heterocycles. The highest BCUT2D eigenvalue weighted by Gasteiger charge is 2.30.